The van der Waals surface area contributed by atoms with Crippen LogP contribution in [0, 0.1) is 0 Å². The molecule has 1 heterocycles. The molecule has 2 aromatic rings. The van der Waals surface area contributed by atoms with E-state index in [0.717, 1.165) is 0 Å². The maximum Gasteiger partial charge on any atom is 0.319 e. The van der Waals surface area contributed by atoms with Gasteiger partial charge in [-0.15, -0.1) is 0 Å². The van der Waals surface area contributed by atoms with Gasteiger partial charge in [-0.2, -0.15) is 15.0 Å². The summed E-state index contributed by atoms with van der Waals surface area (Å²) < 4.78 is 0. The second kappa shape index (κ2) is 5.49. The van der Waals surface area contributed by atoms with Gasteiger partial charge in [-0.05, 0) is 12.1 Å². The van der Waals surface area contributed by atoms with Crippen LogP contribution in [0.25, 0.3) is 11.4 Å². The molecule has 7 nitrogen and oxygen atoms in total. The van der Waals surface area contributed by atoms with Gasteiger partial charge in [0.25, 0.3) is 0 Å². The summed E-state index contributed by atoms with van der Waals surface area (Å²) in [5.74, 6) is -0.109. The lowest BCUT2D eigenvalue weighted by Gasteiger charge is -2.07. The molecule has 0 unspecified atom stereocenters. The fourth-order valence-electron chi connectivity index (χ4n) is 1.33. The molecule has 0 radical (unpaired) electrons. The molecule has 98 valence electrons. The van der Waals surface area contributed by atoms with Gasteiger partial charge >= 0.3 is 6.01 Å². The second-order valence-corrected chi connectivity index (χ2v) is 3.98. The summed E-state index contributed by atoms with van der Waals surface area (Å²) in [5.41, 5.74) is 5.30. The van der Waals surface area contributed by atoms with E-state index in [0.29, 0.717) is 10.6 Å². The van der Waals surface area contributed by atoms with E-state index in [4.69, 9.17) is 11.6 Å². The Kier molecular flexibility index (Phi) is 3.76. The number of rotatable bonds is 3. The fraction of sp³-hybridized carbons (Fsp3) is 0.0909. The van der Waals surface area contributed by atoms with Gasteiger partial charge in [0, 0.05) is 12.5 Å². The van der Waals surface area contributed by atoms with Gasteiger partial charge in [-0.1, -0.05) is 23.7 Å². The predicted molar refractivity (Wildman–Crippen MR) is 69.4 cm³/mol. The molecule has 0 saturated heterocycles. The van der Waals surface area contributed by atoms with Crippen molar-refractivity contribution in [1.29, 1.82) is 0 Å². The van der Waals surface area contributed by atoms with Crippen molar-refractivity contribution in [2.24, 2.45) is 0 Å². The zero-order chi connectivity index (χ0) is 13.8. The van der Waals surface area contributed by atoms with Gasteiger partial charge < -0.3 is 5.11 Å². The molecule has 19 heavy (non-hydrogen) atoms. The monoisotopic (exact) mass is 279 g/mol. The minimum atomic E-state index is -0.474. The fourth-order valence-corrected chi connectivity index (χ4v) is 1.55. The molecule has 0 aliphatic heterocycles. The summed E-state index contributed by atoms with van der Waals surface area (Å²) in [7, 11) is 0. The smallest absolute Gasteiger partial charge is 0.319 e. The number of hydrogen-bond acceptors (Lipinski definition) is 6. The van der Waals surface area contributed by atoms with Crippen molar-refractivity contribution in [2.45, 2.75) is 6.92 Å². The molecule has 1 aromatic heterocycles. The third-order valence-electron chi connectivity index (χ3n) is 2.09. The van der Waals surface area contributed by atoms with E-state index < -0.39 is 6.01 Å². The van der Waals surface area contributed by atoms with Crippen LogP contribution in [0.15, 0.2) is 24.3 Å². The Morgan fingerprint density at radius 3 is 2.68 bits per heavy atom. The molecule has 3 N–H and O–H groups in total. The first kappa shape index (κ1) is 13.0. The minimum Gasteiger partial charge on any atom is -0.479 e. The highest BCUT2D eigenvalue weighted by Gasteiger charge is 2.10. The van der Waals surface area contributed by atoms with Gasteiger partial charge in [-0.3, -0.25) is 15.6 Å². The van der Waals surface area contributed by atoms with Crippen molar-refractivity contribution in [3.63, 3.8) is 0 Å². The summed E-state index contributed by atoms with van der Waals surface area (Å²) in [6.45, 7) is 1.32. The van der Waals surface area contributed by atoms with Gasteiger partial charge in [-0.25, -0.2) is 0 Å². The van der Waals surface area contributed by atoms with E-state index >= 15 is 0 Å². The van der Waals surface area contributed by atoms with Crippen molar-refractivity contribution in [3.8, 4) is 17.4 Å². The number of carbonyl (C=O) groups is 1. The zero-order valence-electron chi connectivity index (χ0n) is 9.88. The zero-order valence-corrected chi connectivity index (χ0v) is 10.6. The Labute approximate surface area is 113 Å². The van der Waals surface area contributed by atoms with E-state index in [1.54, 1.807) is 24.3 Å². The molecule has 0 saturated carbocycles. The summed E-state index contributed by atoms with van der Waals surface area (Å²) in [6.07, 6.45) is 0. The molecule has 0 atom stereocenters. The normalized spacial score (nSPS) is 10.0. The quantitative estimate of drug-likeness (QED) is 0.734. The van der Waals surface area contributed by atoms with Gasteiger partial charge in [0.05, 0.1) is 5.02 Å². The number of nitrogens with zero attached hydrogens (tertiary/aromatic N) is 3. The number of halogens is 1. The Hall–Kier alpha value is -2.41. The summed E-state index contributed by atoms with van der Waals surface area (Å²) in [4.78, 5) is 22.2. The van der Waals surface area contributed by atoms with Crippen LogP contribution in [0.5, 0.6) is 6.01 Å². The highest BCUT2D eigenvalue weighted by Crippen LogP contribution is 2.25. The molecule has 0 spiro atoms. The molecule has 8 heteroatoms. The van der Waals surface area contributed by atoms with Crippen LogP contribution in [-0.2, 0) is 4.79 Å². The molecule has 0 aliphatic carbocycles. The number of benzene rings is 1. The van der Waals surface area contributed by atoms with Crippen LogP contribution in [0.3, 0.4) is 0 Å². The number of hydrogen-bond donors (Lipinski definition) is 3. The minimum absolute atomic E-state index is 0.0117. The van der Waals surface area contributed by atoms with Crippen molar-refractivity contribution in [2.75, 3.05) is 5.43 Å². The van der Waals surface area contributed by atoms with E-state index in [1.807, 2.05) is 0 Å². The SMILES string of the molecule is CC(=O)NNc1nc(O)nc(-c2ccccc2Cl)n1. The molecule has 0 aliphatic rings. The van der Waals surface area contributed by atoms with E-state index in [1.165, 1.54) is 6.92 Å². The topological polar surface area (TPSA) is 100 Å². The number of amides is 1. The van der Waals surface area contributed by atoms with Crippen LogP contribution in [0.1, 0.15) is 6.92 Å². The van der Waals surface area contributed by atoms with Gasteiger partial charge in [0.2, 0.25) is 11.9 Å². The third-order valence-corrected chi connectivity index (χ3v) is 2.42. The Balaban J connectivity index is 2.36. The van der Waals surface area contributed by atoms with E-state index in [-0.39, 0.29) is 17.7 Å². The molecule has 2 rings (SSSR count). The molecule has 1 amide bonds. The third kappa shape index (κ3) is 3.29. The van der Waals surface area contributed by atoms with Crippen molar-refractivity contribution >= 4 is 23.5 Å². The number of nitrogens with one attached hydrogen (secondary N) is 2. The lowest BCUT2D eigenvalue weighted by atomic mass is 10.2. The molecule has 0 fully saturated rings. The molecular formula is C11H10ClN5O2. The van der Waals surface area contributed by atoms with Crippen LogP contribution < -0.4 is 10.9 Å². The van der Waals surface area contributed by atoms with Crippen LogP contribution in [0.4, 0.5) is 5.95 Å². The van der Waals surface area contributed by atoms with Crippen LogP contribution in [0.2, 0.25) is 5.02 Å². The average molecular weight is 280 g/mol. The van der Waals surface area contributed by atoms with Crippen LogP contribution >= 0.6 is 11.6 Å². The van der Waals surface area contributed by atoms with Crippen molar-refractivity contribution in [3.05, 3.63) is 29.3 Å². The van der Waals surface area contributed by atoms with Crippen LogP contribution in [-0.4, -0.2) is 26.0 Å². The second-order valence-electron chi connectivity index (χ2n) is 3.57. The van der Waals surface area contributed by atoms with Gasteiger partial charge in [0.1, 0.15) is 0 Å². The lowest BCUT2D eigenvalue weighted by Crippen LogP contribution is -2.27. The molecule has 0 bridgehead atoms. The first-order valence-corrected chi connectivity index (χ1v) is 5.66. The highest BCUT2D eigenvalue weighted by molar-refractivity contribution is 6.33. The number of anilines is 1. The molecule has 1 aromatic carbocycles. The predicted octanol–water partition coefficient (Wildman–Crippen LogP) is 1.36. The van der Waals surface area contributed by atoms with Gasteiger partial charge in [0.15, 0.2) is 5.82 Å². The van der Waals surface area contributed by atoms with E-state index in [9.17, 15) is 9.90 Å². The Bertz CT molecular complexity index is 620. The summed E-state index contributed by atoms with van der Waals surface area (Å²) in [6, 6.07) is 6.45. The summed E-state index contributed by atoms with van der Waals surface area (Å²) >= 11 is 6.02. The number of carbonyl (C=O) groups excluding carboxylic acids is 1. The molecular weight excluding hydrogens is 270 g/mol. The standard InChI is InChI=1S/C11H10ClN5O2/c1-6(18)16-17-10-13-9(14-11(19)15-10)7-4-2-3-5-8(7)12/h2-5H,1H3,(H,16,18)(H2,13,14,15,17,19). The number of aromatic nitrogens is 3. The average Bonchev–Trinajstić information content (AvgIpc) is 2.36. The first-order valence-electron chi connectivity index (χ1n) is 5.29. The van der Waals surface area contributed by atoms with Crippen molar-refractivity contribution < 1.29 is 9.90 Å². The van der Waals surface area contributed by atoms with Crippen molar-refractivity contribution in [1.82, 2.24) is 20.4 Å². The Morgan fingerprint density at radius 1 is 1.26 bits per heavy atom. The summed E-state index contributed by atoms with van der Waals surface area (Å²) in [5, 5.41) is 9.90. The van der Waals surface area contributed by atoms with E-state index in [2.05, 4.69) is 25.8 Å². The first-order chi connectivity index (χ1) is 9.06. The largest absolute Gasteiger partial charge is 0.479 e. The number of hydrazine groups is 1. The maximum absolute atomic E-state index is 10.8. The maximum atomic E-state index is 10.8. The highest BCUT2D eigenvalue weighted by atomic mass is 35.5. The number of aromatic hydroxyl groups is 1. The Morgan fingerprint density at radius 2 is 2.00 bits per heavy atom. The lowest BCUT2D eigenvalue weighted by molar-refractivity contribution is -0.118.